The molecule has 7 nitrogen and oxygen atoms in total. The molecule has 1 aromatic heterocycles. The molecule has 0 spiro atoms. The summed E-state index contributed by atoms with van der Waals surface area (Å²) in [7, 11) is 1.68. The summed E-state index contributed by atoms with van der Waals surface area (Å²) >= 11 is 6.00. The molecular weight excluding hydrogens is 483 g/mol. The summed E-state index contributed by atoms with van der Waals surface area (Å²) in [5.74, 6) is -0.906. The average Bonchev–Trinajstić information content (AvgIpc) is 3.25. The van der Waals surface area contributed by atoms with Crippen molar-refractivity contribution >= 4 is 40.1 Å². The molecular formula is C27H24ClFN4O3. The summed E-state index contributed by atoms with van der Waals surface area (Å²) < 4.78 is 15.3. The van der Waals surface area contributed by atoms with Crippen LogP contribution in [0.3, 0.4) is 0 Å². The second kappa shape index (κ2) is 8.95. The van der Waals surface area contributed by atoms with Gasteiger partial charge in [-0.2, -0.15) is 0 Å². The largest absolute Gasteiger partial charge is 0.478 e. The molecule has 1 atom stereocenters. The highest BCUT2D eigenvalue weighted by atomic mass is 35.5. The summed E-state index contributed by atoms with van der Waals surface area (Å²) in [5.41, 5.74) is 4.32. The third-order valence-electron chi connectivity index (χ3n) is 6.55. The summed E-state index contributed by atoms with van der Waals surface area (Å²) in [6, 6.07) is 12.7. The number of fused-ring (bicyclic) bond motifs is 2. The van der Waals surface area contributed by atoms with Crippen molar-refractivity contribution in [2.75, 3.05) is 10.2 Å². The normalized spacial score (nSPS) is 13.6. The fraction of sp³-hybridized carbons (Fsp3) is 0.222. The van der Waals surface area contributed by atoms with Gasteiger partial charge in [0, 0.05) is 36.4 Å². The number of aromatic carboxylic acids is 1. The highest BCUT2D eigenvalue weighted by molar-refractivity contribution is 6.31. The van der Waals surface area contributed by atoms with Gasteiger partial charge < -0.3 is 15.3 Å². The van der Waals surface area contributed by atoms with Gasteiger partial charge in [0.2, 0.25) is 5.95 Å². The van der Waals surface area contributed by atoms with Gasteiger partial charge in [-0.05, 0) is 66.9 Å². The van der Waals surface area contributed by atoms with E-state index in [2.05, 4.69) is 5.32 Å². The molecule has 1 unspecified atom stereocenters. The Kier molecular flexibility index (Phi) is 5.92. The molecule has 5 rings (SSSR count). The van der Waals surface area contributed by atoms with Crippen molar-refractivity contribution in [2.45, 2.75) is 33.0 Å². The Morgan fingerprint density at radius 1 is 1.14 bits per heavy atom. The molecule has 0 bridgehead atoms. The van der Waals surface area contributed by atoms with E-state index < -0.39 is 5.97 Å². The van der Waals surface area contributed by atoms with Crippen LogP contribution in [0.25, 0.3) is 10.9 Å². The Morgan fingerprint density at radius 3 is 2.64 bits per heavy atom. The topological polar surface area (TPSA) is 87.5 Å². The third-order valence-corrected chi connectivity index (χ3v) is 6.79. The molecule has 9 heteroatoms. The second-order valence-electron chi connectivity index (χ2n) is 9.16. The van der Waals surface area contributed by atoms with Gasteiger partial charge in [0.05, 0.1) is 22.5 Å². The number of carboxylic acid groups (broad SMARTS) is 1. The molecule has 0 aliphatic carbocycles. The van der Waals surface area contributed by atoms with E-state index in [1.807, 2.05) is 30.9 Å². The van der Waals surface area contributed by atoms with Crippen LogP contribution in [-0.2, 0) is 20.1 Å². The molecule has 0 fully saturated rings. The zero-order chi connectivity index (χ0) is 25.7. The average molecular weight is 507 g/mol. The minimum absolute atomic E-state index is 0.0536. The Hall–Kier alpha value is -3.91. The van der Waals surface area contributed by atoms with E-state index in [-0.39, 0.29) is 23.0 Å². The molecule has 2 heterocycles. The predicted molar refractivity (Wildman–Crippen MR) is 138 cm³/mol. The van der Waals surface area contributed by atoms with Crippen LogP contribution in [0.15, 0.2) is 53.3 Å². The molecule has 1 aliphatic rings. The van der Waals surface area contributed by atoms with E-state index in [9.17, 15) is 19.1 Å². The minimum Gasteiger partial charge on any atom is -0.478 e. The van der Waals surface area contributed by atoms with Crippen LogP contribution < -0.4 is 15.8 Å². The SMILES string of the molecule is Cc1cc(C(C)Nc2ccc(Cl)cc2C(=O)O)c2nc(N3Cc4ccc(F)cc4C3)n(C)c(=O)c2c1. The number of carboxylic acids is 1. The molecule has 36 heavy (non-hydrogen) atoms. The van der Waals surface area contributed by atoms with Crippen LogP contribution in [0.5, 0.6) is 0 Å². The monoisotopic (exact) mass is 506 g/mol. The maximum absolute atomic E-state index is 13.8. The Labute approximate surface area is 211 Å². The molecule has 0 saturated heterocycles. The van der Waals surface area contributed by atoms with Gasteiger partial charge in [-0.25, -0.2) is 14.2 Å². The van der Waals surface area contributed by atoms with Crippen molar-refractivity contribution in [3.63, 3.8) is 0 Å². The van der Waals surface area contributed by atoms with Crippen molar-refractivity contribution in [2.24, 2.45) is 7.05 Å². The second-order valence-corrected chi connectivity index (χ2v) is 9.59. The first-order valence-electron chi connectivity index (χ1n) is 11.5. The Bertz CT molecular complexity index is 1600. The molecule has 4 aromatic rings. The summed E-state index contributed by atoms with van der Waals surface area (Å²) in [6.07, 6.45) is 0. The number of benzene rings is 3. The van der Waals surface area contributed by atoms with Gasteiger partial charge in [-0.3, -0.25) is 9.36 Å². The number of aryl methyl sites for hydroxylation is 1. The van der Waals surface area contributed by atoms with E-state index in [1.165, 1.54) is 22.8 Å². The van der Waals surface area contributed by atoms with Crippen LogP contribution in [0.1, 0.15) is 45.6 Å². The first kappa shape index (κ1) is 23.8. The van der Waals surface area contributed by atoms with Crippen LogP contribution in [0.2, 0.25) is 5.02 Å². The van der Waals surface area contributed by atoms with Gasteiger partial charge >= 0.3 is 5.97 Å². The Balaban J connectivity index is 1.60. The number of hydrogen-bond donors (Lipinski definition) is 2. The fourth-order valence-corrected chi connectivity index (χ4v) is 4.96. The van der Waals surface area contributed by atoms with Gasteiger partial charge in [-0.1, -0.05) is 23.7 Å². The van der Waals surface area contributed by atoms with E-state index in [0.717, 1.165) is 22.3 Å². The lowest BCUT2D eigenvalue weighted by Crippen LogP contribution is -2.28. The van der Waals surface area contributed by atoms with Crippen molar-refractivity contribution in [1.29, 1.82) is 0 Å². The number of anilines is 2. The van der Waals surface area contributed by atoms with Gasteiger partial charge in [0.25, 0.3) is 5.56 Å². The van der Waals surface area contributed by atoms with Crippen LogP contribution in [0.4, 0.5) is 16.0 Å². The molecule has 0 radical (unpaired) electrons. The summed E-state index contributed by atoms with van der Waals surface area (Å²) in [5, 5.41) is 13.7. The molecule has 2 N–H and O–H groups in total. The van der Waals surface area contributed by atoms with Crippen molar-refractivity contribution in [3.05, 3.63) is 97.5 Å². The molecule has 0 amide bonds. The molecule has 0 saturated carbocycles. The lowest BCUT2D eigenvalue weighted by Gasteiger charge is -2.23. The van der Waals surface area contributed by atoms with E-state index >= 15 is 0 Å². The zero-order valence-corrected chi connectivity index (χ0v) is 20.7. The fourth-order valence-electron chi connectivity index (χ4n) is 4.79. The number of nitrogens with one attached hydrogen (secondary N) is 1. The number of hydrogen-bond acceptors (Lipinski definition) is 5. The first-order chi connectivity index (χ1) is 17.1. The standard InChI is InChI=1S/C27H24ClFN4O3/c1-14-8-20(15(2)30-23-7-5-18(28)11-21(23)26(35)36)24-22(9-14)25(34)32(3)27(31-24)33-12-16-4-6-19(29)10-17(16)13-33/h4-11,15,30H,12-13H2,1-3H3,(H,35,36). The summed E-state index contributed by atoms with van der Waals surface area (Å²) in [6.45, 7) is 4.76. The Morgan fingerprint density at radius 2 is 1.89 bits per heavy atom. The van der Waals surface area contributed by atoms with Crippen LogP contribution in [-0.4, -0.2) is 20.6 Å². The number of aromatic nitrogens is 2. The number of carbonyl (C=O) groups is 1. The highest BCUT2D eigenvalue weighted by Crippen LogP contribution is 2.32. The van der Waals surface area contributed by atoms with E-state index in [4.69, 9.17) is 16.6 Å². The first-order valence-corrected chi connectivity index (χ1v) is 11.8. The van der Waals surface area contributed by atoms with Gasteiger partial charge in [0.15, 0.2) is 0 Å². The smallest absolute Gasteiger partial charge is 0.337 e. The van der Waals surface area contributed by atoms with E-state index in [0.29, 0.717) is 40.7 Å². The molecule has 3 aromatic carbocycles. The molecule has 1 aliphatic heterocycles. The van der Waals surface area contributed by atoms with Crippen LogP contribution >= 0.6 is 11.6 Å². The van der Waals surface area contributed by atoms with Gasteiger partial charge in [-0.15, -0.1) is 0 Å². The molecule has 184 valence electrons. The highest BCUT2D eigenvalue weighted by Gasteiger charge is 2.25. The van der Waals surface area contributed by atoms with Crippen LogP contribution in [0, 0.1) is 12.7 Å². The number of halogens is 2. The van der Waals surface area contributed by atoms with E-state index in [1.54, 1.807) is 25.2 Å². The maximum Gasteiger partial charge on any atom is 0.337 e. The predicted octanol–water partition coefficient (Wildman–Crippen LogP) is 5.43. The van der Waals surface area contributed by atoms with Crippen molar-refractivity contribution in [1.82, 2.24) is 9.55 Å². The van der Waals surface area contributed by atoms with Crippen molar-refractivity contribution < 1.29 is 14.3 Å². The minimum atomic E-state index is -1.10. The number of nitrogens with zero attached hydrogens (tertiary/aromatic N) is 3. The third kappa shape index (κ3) is 4.18. The lowest BCUT2D eigenvalue weighted by atomic mass is 10.0. The summed E-state index contributed by atoms with van der Waals surface area (Å²) in [4.78, 5) is 32.1. The lowest BCUT2D eigenvalue weighted by molar-refractivity contribution is 0.0698. The van der Waals surface area contributed by atoms with Crippen molar-refractivity contribution in [3.8, 4) is 0 Å². The van der Waals surface area contributed by atoms with Gasteiger partial charge in [0.1, 0.15) is 5.82 Å². The zero-order valence-electron chi connectivity index (χ0n) is 20.0. The quantitative estimate of drug-likeness (QED) is 0.375. The number of rotatable bonds is 5. The maximum atomic E-state index is 13.8.